The van der Waals surface area contributed by atoms with E-state index in [0.717, 1.165) is 19.3 Å². The number of carbonyl (C=O) groups excluding carboxylic acids is 1. The van der Waals surface area contributed by atoms with Crippen LogP contribution in [-0.4, -0.2) is 12.3 Å². The number of hydrogen-bond acceptors (Lipinski definition) is 2. The second kappa shape index (κ2) is 7.86. The van der Waals surface area contributed by atoms with Crippen LogP contribution in [0.4, 0.5) is 0 Å². The lowest BCUT2D eigenvalue weighted by molar-refractivity contribution is -0.120. The van der Waals surface area contributed by atoms with Crippen LogP contribution in [0.3, 0.4) is 0 Å². The van der Waals surface area contributed by atoms with Gasteiger partial charge in [0.25, 0.3) is 0 Å². The molecule has 0 radical (unpaired) electrons. The third-order valence-electron chi connectivity index (χ3n) is 2.65. The summed E-state index contributed by atoms with van der Waals surface area (Å²) < 4.78 is 0. The first kappa shape index (κ1) is 14.6. The van der Waals surface area contributed by atoms with E-state index < -0.39 is 0 Å². The van der Waals surface area contributed by atoms with Crippen LogP contribution in [0, 0.1) is 17.8 Å². The fourth-order valence-corrected chi connectivity index (χ4v) is 1.80. The Balaban J connectivity index is 3.80. The zero-order valence-corrected chi connectivity index (χ0v) is 10.8. The molecule has 90 valence electrons. The minimum atomic E-state index is 0.389. The predicted molar refractivity (Wildman–Crippen MR) is 65.7 cm³/mol. The number of carbonyl (C=O) groups is 1. The van der Waals surface area contributed by atoms with Crippen LogP contribution >= 0.6 is 0 Å². The first-order chi connectivity index (χ1) is 6.95. The average molecular weight is 213 g/mol. The van der Waals surface area contributed by atoms with Crippen molar-refractivity contribution in [3.8, 4) is 0 Å². The third-order valence-corrected chi connectivity index (χ3v) is 2.65. The highest BCUT2D eigenvalue weighted by Gasteiger charge is 2.14. The summed E-state index contributed by atoms with van der Waals surface area (Å²) in [6.45, 7) is 9.32. The Morgan fingerprint density at radius 2 is 1.73 bits per heavy atom. The van der Waals surface area contributed by atoms with Crippen molar-refractivity contribution in [2.45, 2.75) is 53.4 Å². The topological polar surface area (TPSA) is 43.1 Å². The molecule has 15 heavy (non-hydrogen) atoms. The monoisotopic (exact) mass is 213 g/mol. The molecule has 2 N–H and O–H groups in total. The van der Waals surface area contributed by atoms with Crippen LogP contribution in [0.2, 0.25) is 0 Å². The molecule has 0 aromatic carbocycles. The van der Waals surface area contributed by atoms with E-state index in [1.807, 2.05) is 0 Å². The molecule has 0 heterocycles. The third kappa shape index (κ3) is 8.61. The van der Waals surface area contributed by atoms with Gasteiger partial charge in [0.15, 0.2) is 0 Å². The fraction of sp³-hybridized carbons (Fsp3) is 0.923. The summed E-state index contributed by atoms with van der Waals surface area (Å²) in [5.74, 6) is 2.04. The van der Waals surface area contributed by atoms with E-state index in [2.05, 4.69) is 27.7 Å². The van der Waals surface area contributed by atoms with Gasteiger partial charge in [-0.1, -0.05) is 27.7 Å². The Morgan fingerprint density at radius 1 is 1.13 bits per heavy atom. The summed E-state index contributed by atoms with van der Waals surface area (Å²) in [5, 5.41) is 0. The van der Waals surface area contributed by atoms with E-state index in [-0.39, 0.29) is 0 Å². The van der Waals surface area contributed by atoms with Gasteiger partial charge in [-0.3, -0.25) is 4.79 Å². The fourth-order valence-electron chi connectivity index (χ4n) is 1.80. The second-order valence-corrected chi connectivity index (χ2v) is 5.41. The van der Waals surface area contributed by atoms with Gasteiger partial charge in [-0.05, 0) is 37.1 Å². The van der Waals surface area contributed by atoms with Gasteiger partial charge in [0.05, 0.1) is 0 Å². The summed E-state index contributed by atoms with van der Waals surface area (Å²) in [7, 11) is 0. The molecule has 0 aliphatic heterocycles. The highest BCUT2D eigenvalue weighted by atomic mass is 16.1. The summed E-state index contributed by atoms with van der Waals surface area (Å²) in [6.07, 6.45) is 3.50. The van der Waals surface area contributed by atoms with Crippen LogP contribution < -0.4 is 5.73 Å². The zero-order valence-electron chi connectivity index (χ0n) is 10.8. The van der Waals surface area contributed by atoms with Gasteiger partial charge in [-0.25, -0.2) is 0 Å². The molecule has 0 aromatic heterocycles. The molecule has 0 spiro atoms. The second-order valence-electron chi connectivity index (χ2n) is 5.41. The Labute approximate surface area is 94.6 Å². The van der Waals surface area contributed by atoms with Crippen molar-refractivity contribution in [1.82, 2.24) is 0 Å². The van der Waals surface area contributed by atoms with Crippen molar-refractivity contribution in [3.63, 3.8) is 0 Å². The standard InChI is InChI=1S/C13H27NO/c1-10(2)5-6-13(15)8-12(9-14)7-11(3)4/h10-12H,5-9,14H2,1-4H3. The quantitative estimate of drug-likeness (QED) is 0.673. The molecule has 2 heteroatoms. The lowest BCUT2D eigenvalue weighted by atomic mass is 9.91. The number of rotatable bonds is 8. The number of hydrogen-bond donors (Lipinski definition) is 1. The van der Waals surface area contributed by atoms with Crippen molar-refractivity contribution in [1.29, 1.82) is 0 Å². The van der Waals surface area contributed by atoms with E-state index >= 15 is 0 Å². The lowest BCUT2D eigenvalue weighted by Gasteiger charge is -2.16. The SMILES string of the molecule is CC(C)CCC(=O)CC(CN)CC(C)C. The van der Waals surface area contributed by atoms with Gasteiger partial charge < -0.3 is 5.73 Å². The van der Waals surface area contributed by atoms with E-state index in [4.69, 9.17) is 5.73 Å². The van der Waals surface area contributed by atoms with Gasteiger partial charge in [-0.2, -0.15) is 0 Å². The van der Waals surface area contributed by atoms with Crippen LogP contribution in [0.1, 0.15) is 53.4 Å². The minimum Gasteiger partial charge on any atom is -0.330 e. The number of Topliss-reactive ketones (excluding diaryl/α,β-unsaturated/α-hetero) is 1. The minimum absolute atomic E-state index is 0.389. The first-order valence-corrected chi connectivity index (χ1v) is 6.17. The van der Waals surface area contributed by atoms with Crippen molar-refractivity contribution in [2.75, 3.05) is 6.54 Å². The molecule has 0 amide bonds. The first-order valence-electron chi connectivity index (χ1n) is 6.17. The number of ketones is 1. The Morgan fingerprint density at radius 3 is 2.13 bits per heavy atom. The zero-order chi connectivity index (χ0) is 11.8. The van der Waals surface area contributed by atoms with Gasteiger partial charge in [0.2, 0.25) is 0 Å². The maximum Gasteiger partial charge on any atom is 0.133 e. The highest BCUT2D eigenvalue weighted by Crippen LogP contribution is 2.16. The van der Waals surface area contributed by atoms with Crippen LogP contribution in [0.25, 0.3) is 0 Å². The van der Waals surface area contributed by atoms with E-state index in [0.29, 0.717) is 36.5 Å². The van der Waals surface area contributed by atoms with Crippen LogP contribution in [0.15, 0.2) is 0 Å². The lowest BCUT2D eigenvalue weighted by Crippen LogP contribution is -2.20. The van der Waals surface area contributed by atoms with Gasteiger partial charge in [0.1, 0.15) is 5.78 Å². The molecule has 0 rings (SSSR count). The summed E-state index contributed by atoms with van der Waals surface area (Å²) >= 11 is 0. The molecule has 0 bridgehead atoms. The molecule has 0 aliphatic rings. The summed E-state index contributed by atoms with van der Waals surface area (Å²) in [6, 6.07) is 0. The van der Waals surface area contributed by atoms with Crippen molar-refractivity contribution < 1.29 is 4.79 Å². The predicted octanol–water partition coefficient (Wildman–Crippen LogP) is 3.00. The molecule has 2 nitrogen and oxygen atoms in total. The Hall–Kier alpha value is -0.370. The van der Waals surface area contributed by atoms with Crippen LogP contribution in [-0.2, 0) is 4.79 Å². The molecule has 0 saturated heterocycles. The average Bonchev–Trinajstić information content (AvgIpc) is 2.13. The summed E-state index contributed by atoms with van der Waals surface area (Å²) in [5.41, 5.74) is 5.67. The molecule has 1 unspecified atom stereocenters. The van der Waals surface area contributed by atoms with Crippen molar-refractivity contribution >= 4 is 5.78 Å². The van der Waals surface area contributed by atoms with E-state index in [1.165, 1.54) is 0 Å². The molecular formula is C13H27NO. The molecule has 0 aliphatic carbocycles. The van der Waals surface area contributed by atoms with Gasteiger partial charge in [-0.15, -0.1) is 0 Å². The highest BCUT2D eigenvalue weighted by molar-refractivity contribution is 5.78. The maximum atomic E-state index is 11.6. The largest absolute Gasteiger partial charge is 0.330 e. The summed E-state index contributed by atoms with van der Waals surface area (Å²) in [4.78, 5) is 11.6. The molecule has 0 aromatic rings. The molecule has 0 saturated carbocycles. The smallest absolute Gasteiger partial charge is 0.133 e. The molecule has 1 atom stereocenters. The van der Waals surface area contributed by atoms with Crippen LogP contribution in [0.5, 0.6) is 0 Å². The molecular weight excluding hydrogens is 186 g/mol. The van der Waals surface area contributed by atoms with Crippen molar-refractivity contribution in [2.24, 2.45) is 23.5 Å². The van der Waals surface area contributed by atoms with Gasteiger partial charge >= 0.3 is 0 Å². The normalized spacial score (nSPS) is 13.5. The van der Waals surface area contributed by atoms with E-state index in [1.54, 1.807) is 0 Å². The maximum absolute atomic E-state index is 11.6. The van der Waals surface area contributed by atoms with E-state index in [9.17, 15) is 4.79 Å². The Bertz CT molecular complexity index is 175. The van der Waals surface area contributed by atoms with Crippen molar-refractivity contribution in [3.05, 3.63) is 0 Å². The number of nitrogens with two attached hydrogens (primary N) is 1. The Kier molecular flexibility index (Phi) is 7.67. The van der Waals surface area contributed by atoms with Gasteiger partial charge in [0, 0.05) is 12.8 Å². The molecule has 0 fully saturated rings.